The number of hydrogen-bond acceptors (Lipinski definition) is 7. The first-order valence-corrected chi connectivity index (χ1v) is 10.4. The topological polar surface area (TPSA) is 122 Å². The summed E-state index contributed by atoms with van der Waals surface area (Å²) >= 11 is 3.37. The first-order chi connectivity index (χ1) is 15.5. The number of nitriles is 1. The fourth-order valence-electron chi connectivity index (χ4n) is 2.68. The van der Waals surface area contributed by atoms with E-state index in [9.17, 15) is 9.59 Å². The highest BCUT2D eigenvalue weighted by atomic mass is 79.9. The van der Waals surface area contributed by atoms with Crippen LogP contribution in [0, 0.1) is 11.3 Å². The van der Waals surface area contributed by atoms with Gasteiger partial charge in [0.1, 0.15) is 12.1 Å². The molecule has 0 aliphatic heterocycles. The van der Waals surface area contributed by atoms with Gasteiger partial charge in [-0.25, -0.2) is 10.2 Å². The molecule has 2 N–H and O–H groups in total. The number of methoxy groups -OCH3 is 1. The molecule has 0 unspecified atom stereocenters. The van der Waals surface area contributed by atoms with Crippen molar-refractivity contribution in [3.8, 4) is 17.6 Å². The van der Waals surface area contributed by atoms with E-state index >= 15 is 0 Å². The molecule has 1 atom stereocenters. The molecule has 10 heteroatoms. The third kappa shape index (κ3) is 7.59. The zero-order chi connectivity index (χ0) is 23.3. The monoisotopic (exact) mass is 502 g/mol. The molecule has 2 amide bonds. The molecule has 0 bridgehead atoms. The molecule has 0 fully saturated rings. The van der Waals surface area contributed by atoms with Crippen molar-refractivity contribution in [3.63, 3.8) is 0 Å². The number of nitrogens with one attached hydrogen (secondary N) is 2. The second-order valence-corrected chi connectivity index (χ2v) is 7.18. The van der Waals surface area contributed by atoms with E-state index in [1.54, 1.807) is 19.1 Å². The molecule has 0 saturated carbocycles. The van der Waals surface area contributed by atoms with Gasteiger partial charge in [0.05, 0.1) is 24.4 Å². The second kappa shape index (κ2) is 13.0. The third-order valence-electron chi connectivity index (χ3n) is 4.09. The first-order valence-electron chi connectivity index (χ1n) is 9.65. The second-order valence-electron chi connectivity index (χ2n) is 6.32. The number of nitrogens with zero attached hydrogens (tertiary/aromatic N) is 2. The molecular weight excluding hydrogens is 480 g/mol. The first kappa shape index (κ1) is 24.7. The van der Waals surface area contributed by atoms with Crippen molar-refractivity contribution in [2.24, 2.45) is 5.10 Å². The van der Waals surface area contributed by atoms with Crippen LogP contribution in [0.5, 0.6) is 11.5 Å². The maximum Gasteiger partial charge on any atom is 0.407 e. The minimum absolute atomic E-state index is 0.130. The van der Waals surface area contributed by atoms with Crippen molar-refractivity contribution in [1.82, 2.24) is 10.7 Å². The molecule has 2 aromatic rings. The van der Waals surface area contributed by atoms with E-state index in [2.05, 4.69) is 31.8 Å². The highest BCUT2D eigenvalue weighted by Gasteiger charge is 2.21. The van der Waals surface area contributed by atoms with Crippen LogP contribution in [0.15, 0.2) is 52.0 Å². The van der Waals surface area contributed by atoms with Crippen LogP contribution < -0.4 is 20.2 Å². The highest BCUT2D eigenvalue weighted by molar-refractivity contribution is 9.10. The van der Waals surface area contributed by atoms with Crippen LogP contribution in [0.2, 0.25) is 0 Å². The van der Waals surface area contributed by atoms with Gasteiger partial charge < -0.3 is 19.5 Å². The summed E-state index contributed by atoms with van der Waals surface area (Å²) in [4.78, 5) is 24.5. The molecule has 2 rings (SSSR count). The molecule has 2 aromatic carbocycles. The summed E-state index contributed by atoms with van der Waals surface area (Å²) in [5, 5.41) is 15.2. The average Bonchev–Trinajstić information content (AvgIpc) is 2.78. The van der Waals surface area contributed by atoms with Gasteiger partial charge in [-0.05, 0) is 46.1 Å². The van der Waals surface area contributed by atoms with Gasteiger partial charge in [-0.15, -0.1) is 0 Å². The standard InChI is InChI=1S/C22H23BrN4O5/c1-3-31-22(29)26-18(12-15-7-5-4-6-8-15)21(28)27-25-14-16-11-17(23)20(32-10-9-24)19(13-16)30-2/h4-8,11,13-14,18H,3,10,12H2,1-2H3,(H,26,29)(H,27,28)/b25-14-/t18-/m0/s1. The molecule has 0 aromatic heterocycles. The summed E-state index contributed by atoms with van der Waals surface area (Å²) in [6, 6.07) is 13.6. The number of halogens is 1. The Bertz CT molecular complexity index is 992. The van der Waals surface area contributed by atoms with Crippen molar-refractivity contribution < 1.29 is 23.8 Å². The number of rotatable bonds is 10. The zero-order valence-corrected chi connectivity index (χ0v) is 19.2. The predicted molar refractivity (Wildman–Crippen MR) is 122 cm³/mol. The SMILES string of the molecule is CCOC(=O)N[C@@H](Cc1ccccc1)C(=O)N/N=C\c1cc(Br)c(OCC#N)c(OC)c1. The van der Waals surface area contributed by atoms with Gasteiger partial charge in [-0.1, -0.05) is 30.3 Å². The molecular formula is C22H23BrN4O5. The third-order valence-corrected chi connectivity index (χ3v) is 4.68. The van der Waals surface area contributed by atoms with Crippen LogP contribution in [0.25, 0.3) is 0 Å². The quantitative estimate of drug-likeness (QED) is 0.380. The summed E-state index contributed by atoms with van der Waals surface area (Å²) in [6.45, 7) is 1.74. The van der Waals surface area contributed by atoms with Gasteiger partial charge >= 0.3 is 6.09 Å². The highest BCUT2D eigenvalue weighted by Crippen LogP contribution is 2.36. The van der Waals surface area contributed by atoms with E-state index in [1.807, 2.05) is 36.4 Å². The fraction of sp³-hybridized carbons (Fsp3) is 0.273. The van der Waals surface area contributed by atoms with Crippen LogP contribution >= 0.6 is 15.9 Å². The van der Waals surface area contributed by atoms with Gasteiger partial charge in [-0.3, -0.25) is 4.79 Å². The van der Waals surface area contributed by atoms with E-state index < -0.39 is 18.0 Å². The summed E-state index contributed by atoms with van der Waals surface area (Å²) in [5.41, 5.74) is 3.91. The average molecular weight is 503 g/mol. The van der Waals surface area contributed by atoms with Crippen LogP contribution in [0.4, 0.5) is 4.79 Å². The molecule has 0 aliphatic carbocycles. The Balaban J connectivity index is 2.11. The number of hydrazone groups is 1. The normalized spacial score (nSPS) is 11.3. The maximum atomic E-state index is 12.7. The number of alkyl carbamates (subject to hydrolysis) is 1. The Kier molecular flexibility index (Phi) is 10.0. The Morgan fingerprint density at radius 3 is 2.69 bits per heavy atom. The van der Waals surface area contributed by atoms with Gasteiger partial charge in [-0.2, -0.15) is 10.4 Å². The van der Waals surface area contributed by atoms with E-state index in [-0.39, 0.29) is 19.6 Å². The van der Waals surface area contributed by atoms with Gasteiger partial charge in [0.2, 0.25) is 0 Å². The minimum atomic E-state index is -0.878. The Morgan fingerprint density at radius 2 is 2.03 bits per heavy atom. The van der Waals surface area contributed by atoms with Crippen LogP contribution in [-0.2, 0) is 16.0 Å². The zero-order valence-electron chi connectivity index (χ0n) is 17.6. The van der Waals surface area contributed by atoms with Crippen LogP contribution in [-0.4, -0.2) is 44.6 Å². The Labute approximate surface area is 194 Å². The van der Waals surface area contributed by atoms with E-state index in [1.165, 1.54) is 13.3 Å². The van der Waals surface area contributed by atoms with Gasteiger partial charge in [0.25, 0.3) is 5.91 Å². The lowest BCUT2D eigenvalue weighted by Gasteiger charge is -2.17. The van der Waals surface area contributed by atoms with E-state index in [0.29, 0.717) is 21.5 Å². The molecule has 0 spiro atoms. The van der Waals surface area contributed by atoms with E-state index in [4.69, 9.17) is 19.5 Å². The Morgan fingerprint density at radius 1 is 1.28 bits per heavy atom. The lowest BCUT2D eigenvalue weighted by atomic mass is 10.1. The van der Waals surface area contributed by atoms with Crippen LogP contribution in [0.1, 0.15) is 18.1 Å². The number of benzene rings is 2. The van der Waals surface area contributed by atoms with Gasteiger partial charge in [0.15, 0.2) is 18.1 Å². The summed E-state index contributed by atoms with van der Waals surface area (Å²) in [7, 11) is 1.47. The largest absolute Gasteiger partial charge is 0.493 e. The lowest BCUT2D eigenvalue weighted by molar-refractivity contribution is -0.123. The van der Waals surface area contributed by atoms with Gasteiger partial charge in [0, 0.05) is 6.42 Å². The van der Waals surface area contributed by atoms with Crippen LogP contribution in [0.3, 0.4) is 0 Å². The number of carbonyl (C=O) groups is 2. The molecule has 9 nitrogen and oxygen atoms in total. The van der Waals surface area contributed by atoms with Crippen molar-refractivity contribution in [2.45, 2.75) is 19.4 Å². The molecule has 32 heavy (non-hydrogen) atoms. The number of ether oxygens (including phenoxy) is 3. The lowest BCUT2D eigenvalue weighted by Crippen LogP contribution is -2.47. The molecule has 0 saturated heterocycles. The number of hydrogen-bond donors (Lipinski definition) is 2. The fourth-order valence-corrected chi connectivity index (χ4v) is 3.26. The molecule has 168 valence electrons. The predicted octanol–water partition coefficient (Wildman–Crippen LogP) is 3.17. The van der Waals surface area contributed by atoms with Crippen molar-refractivity contribution >= 4 is 34.1 Å². The minimum Gasteiger partial charge on any atom is -0.493 e. The molecule has 0 aliphatic rings. The van der Waals surface area contributed by atoms with Crippen molar-refractivity contribution in [3.05, 3.63) is 58.1 Å². The summed E-state index contributed by atoms with van der Waals surface area (Å²) in [6.07, 6.45) is 1.00. The number of amides is 2. The van der Waals surface area contributed by atoms with E-state index in [0.717, 1.165) is 5.56 Å². The smallest absolute Gasteiger partial charge is 0.407 e. The van der Waals surface area contributed by atoms with Crippen molar-refractivity contribution in [2.75, 3.05) is 20.3 Å². The molecule has 0 heterocycles. The van der Waals surface area contributed by atoms with Crippen molar-refractivity contribution in [1.29, 1.82) is 5.26 Å². The Hall–Kier alpha value is -3.58. The summed E-state index contributed by atoms with van der Waals surface area (Å²) < 4.78 is 16.1. The molecule has 0 radical (unpaired) electrons. The maximum absolute atomic E-state index is 12.7. The summed E-state index contributed by atoms with van der Waals surface area (Å²) in [5.74, 6) is 0.281. The number of carbonyl (C=O) groups excluding carboxylic acids is 2.